The van der Waals surface area contributed by atoms with Gasteiger partial charge < -0.3 is 9.84 Å². The molecular weight excluding hydrogens is 190 g/mol. The highest BCUT2D eigenvalue weighted by Gasteiger charge is 2.19. The van der Waals surface area contributed by atoms with Gasteiger partial charge in [0.1, 0.15) is 0 Å². The molecule has 1 N–H and O–H groups in total. The van der Waals surface area contributed by atoms with Gasteiger partial charge in [0.2, 0.25) is 0 Å². The van der Waals surface area contributed by atoms with E-state index in [0.717, 1.165) is 19.1 Å². The Balaban J connectivity index is 2.23. The molecule has 2 unspecified atom stereocenters. The SMILES string of the molecule is CC1CCCC(C)N(CCOCCO)C1. The van der Waals surface area contributed by atoms with Crippen LogP contribution in [-0.4, -0.2) is 49.0 Å². The number of aliphatic hydroxyl groups excluding tert-OH is 1. The topological polar surface area (TPSA) is 32.7 Å². The summed E-state index contributed by atoms with van der Waals surface area (Å²) in [5.74, 6) is 0.813. The Hall–Kier alpha value is -0.120. The highest BCUT2D eigenvalue weighted by Crippen LogP contribution is 2.20. The van der Waals surface area contributed by atoms with Gasteiger partial charge in [-0.25, -0.2) is 0 Å². The van der Waals surface area contributed by atoms with E-state index in [2.05, 4.69) is 18.7 Å². The van der Waals surface area contributed by atoms with Crippen molar-refractivity contribution in [2.24, 2.45) is 5.92 Å². The summed E-state index contributed by atoms with van der Waals surface area (Å²) in [5.41, 5.74) is 0. The Morgan fingerprint density at radius 1 is 1.27 bits per heavy atom. The minimum Gasteiger partial charge on any atom is -0.394 e. The van der Waals surface area contributed by atoms with E-state index in [4.69, 9.17) is 9.84 Å². The van der Waals surface area contributed by atoms with Crippen molar-refractivity contribution in [3.63, 3.8) is 0 Å². The van der Waals surface area contributed by atoms with Gasteiger partial charge in [-0.15, -0.1) is 0 Å². The fourth-order valence-corrected chi connectivity index (χ4v) is 2.28. The zero-order chi connectivity index (χ0) is 11.1. The van der Waals surface area contributed by atoms with Crippen LogP contribution in [0.25, 0.3) is 0 Å². The maximum absolute atomic E-state index is 8.60. The van der Waals surface area contributed by atoms with Crippen LogP contribution in [0, 0.1) is 5.92 Å². The molecule has 90 valence electrons. The molecule has 3 nitrogen and oxygen atoms in total. The van der Waals surface area contributed by atoms with E-state index < -0.39 is 0 Å². The van der Waals surface area contributed by atoms with Crippen molar-refractivity contribution >= 4 is 0 Å². The Bertz CT molecular complexity index is 164. The normalized spacial score (nSPS) is 29.0. The third-order valence-corrected chi connectivity index (χ3v) is 3.25. The molecule has 0 radical (unpaired) electrons. The predicted octanol–water partition coefficient (Wildman–Crippen LogP) is 1.51. The lowest BCUT2D eigenvalue weighted by Crippen LogP contribution is -2.37. The lowest BCUT2D eigenvalue weighted by atomic mass is 10.1. The molecule has 0 aromatic rings. The molecular formula is C12H25NO2. The van der Waals surface area contributed by atoms with E-state index in [-0.39, 0.29) is 6.61 Å². The van der Waals surface area contributed by atoms with Crippen LogP contribution in [0.4, 0.5) is 0 Å². The van der Waals surface area contributed by atoms with Crippen molar-refractivity contribution < 1.29 is 9.84 Å². The first-order valence-corrected chi connectivity index (χ1v) is 6.16. The Labute approximate surface area is 93.4 Å². The molecule has 0 spiro atoms. The van der Waals surface area contributed by atoms with E-state index >= 15 is 0 Å². The third-order valence-electron chi connectivity index (χ3n) is 3.25. The smallest absolute Gasteiger partial charge is 0.0698 e. The molecule has 2 atom stereocenters. The first kappa shape index (κ1) is 12.9. The van der Waals surface area contributed by atoms with Crippen molar-refractivity contribution in [1.82, 2.24) is 4.90 Å². The summed E-state index contributed by atoms with van der Waals surface area (Å²) < 4.78 is 5.32. The second-order valence-corrected chi connectivity index (χ2v) is 4.72. The number of aliphatic hydroxyl groups is 1. The van der Waals surface area contributed by atoms with Gasteiger partial charge in [0, 0.05) is 19.1 Å². The molecule has 15 heavy (non-hydrogen) atoms. The van der Waals surface area contributed by atoms with Crippen molar-refractivity contribution in [3.05, 3.63) is 0 Å². The van der Waals surface area contributed by atoms with Crippen LogP contribution >= 0.6 is 0 Å². The van der Waals surface area contributed by atoms with Gasteiger partial charge in [-0.3, -0.25) is 4.90 Å². The van der Waals surface area contributed by atoms with Crippen molar-refractivity contribution in [2.45, 2.75) is 39.2 Å². The second-order valence-electron chi connectivity index (χ2n) is 4.72. The summed E-state index contributed by atoms with van der Waals surface area (Å²) in [4.78, 5) is 2.52. The maximum Gasteiger partial charge on any atom is 0.0698 e. The summed E-state index contributed by atoms with van der Waals surface area (Å²) in [6.45, 7) is 8.19. The van der Waals surface area contributed by atoms with Gasteiger partial charge in [-0.05, 0) is 25.7 Å². The molecule has 0 aromatic carbocycles. The fourth-order valence-electron chi connectivity index (χ4n) is 2.28. The highest BCUT2D eigenvalue weighted by atomic mass is 16.5. The van der Waals surface area contributed by atoms with Gasteiger partial charge in [-0.2, -0.15) is 0 Å². The van der Waals surface area contributed by atoms with E-state index in [1.54, 1.807) is 0 Å². The Morgan fingerprint density at radius 2 is 2.07 bits per heavy atom. The predicted molar refractivity (Wildman–Crippen MR) is 62.0 cm³/mol. The molecule has 1 heterocycles. The maximum atomic E-state index is 8.60. The molecule has 1 fully saturated rings. The van der Waals surface area contributed by atoms with Crippen molar-refractivity contribution in [3.8, 4) is 0 Å². The molecule has 1 saturated heterocycles. The molecule has 1 aliphatic rings. The van der Waals surface area contributed by atoms with Crippen LogP contribution in [0.15, 0.2) is 0 Å². The van der Waals surface area contributed by atoms with Crippen LogP contribution in [0.1, 0.15) is 33.1 Å². The number of hydrogen-bond donors (Lipinski definition) is 1. The molecule has 0 aliphatic carbocycles. The van der Waals surface area contributed by atoms with Gasteiger partial charge in [0.25, 0.3) is 0 Å². The molecule has 0 amide bonds. The number of hydrogen-bond acceptors (Lipinski definition) is 3. The van der Waals surface area contributed by atoms with E-state index in [0.29, 0.717) is 12.6 Å². The quantitative estimate of drug-likeness (QED) is 0.706. The number of ether oxygens (including phenoxy) is 1. The largest absolute Gasteiger partial charge is 0.394 e. The number of rotatable bonds is 5. The van der Waals surface area contributed by atoms with Crippen LogP contribution in [0.5, 0.6) is 0 Å². The van der Waals surface area contributed by atoms with E-state index in [1.165, 1.54) is 25.8 Å². The van der Waals surface area contributed by atoms with Gasteiger partial charge in [0.05, 0.1) is 19.8 Å². The van der Waals surface area contributed by atoms with Crippen LogP contribution in [0.3, 0.4) is 0 Å². The summed E-state index contributed by atoms with van der Waals surface area (Å²) in [7, 11) is 0. The van der Waals surface area contributed by atoms with Crippen molar-refractivity contribution in [1.29, 1.82) is 0 Å². The Morgan fingerprint density at radius 3 is 2.80 bits per heavy atom. The molecule has 0 bridgehead atoms. The van der Waals surface area contributed by atoms with Gasteiger partial charge >= 0.3 is 0 Å². The molecule has 0 saturated carbocycles. The summed E-state index contributed by atoms with van der Waals surface area (Å²) in [5, 5.41) is 8.60. The standard InChI is InChI=1S/C12H25NO2/c1-11-4-3-5-12(2)13(10-11)6-8-15-9-7-14/h11-12,14H,3-10H2,1-2H3. The van der Waals surface area contributed by atoms with E-state index in [1.807, 2.05) is 0 Å². The summed E-state index contributed by atoms with van der Waals surface area (Å²) in [6, 6.07) is 0.688. The Kier molecular flexibility index (Phi) is 6.22. The average molecular weight is 215 g/mol. The monoisotopic (exact) mass is 215 g/mol. The minimum absolute atomic E-state index is 0.131. The number of likely N-dealkylation sites (tertiary alicyclic amines) is 1. The second kappa shape index (κ2) is 7.20. The third kappa shape index (κ3) is 4.96. The average Bonchev–Trinajstić information content (AvgIpc) is 2.36. The van der Waals surface area contributed by atoms with Crippen LogP contribution < -0.4 is 0 Å². The zero-order valence-corrected chi connectivity index (χ0v) is 10.1. The number of nitrogens with zero attached hydrogens (tertiary/aromatic N) is 1. The summed E-state index contributed by atoms with van der Waals surface area (Å²) in [6.07, 6.45) is 4.03. The van der Waals surface area contributed by atoms with Crippen LogP contribution in [0.2, 0.25) is 0 Å². The van der Waals surface area contributed by atoms with Crippen LogP contribution in [-0.2, 0) is 4.74 Å². The fraction of sp³-hybridized carbons (Fsp3) is 1.00. The van der Waals surface area contributed by atoms with Gasteiger partial charge in [-0.1, -0.05) is 13.3 Å². The first-order valence-electron chi connectivity index (χ1n) is 6.16. The molecule has 1 rings (SSSR count). The lowest BCUT2D eigenvalue weighted by Gasteiger charge is -2.28. The minimum atomic E-state index is 0.131. The molecule has 1 aliphatic heterocycles. The lowest BCUT2D eigenvalue weighted by molar-refractivity contribution is 0.0629. The first-order chi connectivity index (χ1) is 7.24. The van der Waals surface area contributed by atoms with E-state index in [9.17, 15) is 0 Å². The highest BCUT2D eigenvalue weighted by molar-refractivity contribution is 4.74. The van der Waals surface area contributed by atoms with Crippen molar-refractivity contribution in [2.75, 3.05) is 32.9 Å². The molecule has 0 aromatic heterocycles. The summed E-state index contributed by atoms with van der Waals surface area (Å²) >= 11 is 0. The zero-order valence-electron chi connectivity index (χ0n) is 10.1. The molecule has 3 heteroatoms. The van der Waals surface area contributed by atoms with Gasteiger partial charge in [0.15, 0.2) is 0 Å².